The van der Waals surface area contributed by atoms with Crippen LogP contribution in [-0.2, 0) is 0 Å². The van der Waals surface area contributed by atoms with Gasteiger partial charge < -0.3 is 5.73 Å². The second kappa shape index (κ2) is 6.25. The SMILES string of the molecule is NCC/C=N\Nc1ccc([N+](=O)[O-])cc1[N+](=O)[O-]. The number of nitro groups is 2. The van der Waals surface area contributed by atoms with E-state index in [9.17, 15) is 20.2 Å². The molecule has 0 fully saturated rings. The van der Waals surface area contributed by atoms with E-state index in [1.54, 1.807) is 0 Å². The van der Waals surface area contributed by atoms with E-state index in [1.807, 2.05) is 0 Å². The van der Waals surface area contributed by atoms with Crippen LogP contribution in [0.15, 0.2) is 23.3 Å². The van der Waals surface area contributed by atoms with E-state index in [4.69, 9.17) is 5.73 Å². The highest BCUT2D eigenvalue weighted by atomic mass is 16.6. The van der Waals surface area contributed by atoms with E-state index < -0.39 is 15.5 Å². The third-order valence-electron chi connectivity index (χ3n) is 1.96. The van der Waals surface area contributed by atoms with Gasteiger partial charge in [0.05, 0.1) is 15.9 Å². The molecule has 0 aliphatic heterocycles. The molecule has 1 aromatic rings. The lowest BCUT2D eigenvalue weighted by atomic mass is 10.2. The maximum atomic E-state index is 10.8. The number of hydrogen-bond donors (Lipinski definition) is 2. The standard InChI is InChI=1S/C9H11N5O4/c10-4-1-5-11-12-8-3-2-7(13(15)16)6-9(8)14(17)18/h2-3,5-6,12H,1,4,10H2/b11-5-. The minimum atomic E-state index is -0.714. The molecular weight excluding hydrogens is 242 g/mol. The fourth-order valence-electron chi connectivity index (χ4n) is 1.13. The molecule has 0 saturated carbocycles. The van der Waals surface area contributed by atoms with Crippen LogP contribution in [0.1, 0.15) is 6.42 Å². The molecule has 0 radical (unpaired) electrons. The van der Waals surface area contributed by atoms with Crippen molar-refractivity contribution in [3.05, 3.63) is 38.4 Å². The third-order valence-corrected chi connectivity index (χ3v) is 1.96. The van der Waals surface area contributed by atoms with Gasteiger partial charge in [-0.1, -0.05) is 0 Å². The van der Waals surface area contributed by atoms with Crippen molar-refractivity contribution < 1.29 is 9.85 Å². The number of hydrogen-bond acceptors (Lipinski definition) is 7. The summed E-state index contributed by atoms with van der Waals surface area (Å²) < 4.78 is 0. The number of hydrazone groups is 1. The fraction of sp³-hybridized carbons (Fsp3) is 0.222. The molecule has 0 unspecified atom stereocenters. The first-order valence-electron chi connectivity index (χ1n) is 4.96. The summed E-state index contributed by atoms with van der Waals surface area (Å²) in [5, 5.41) is 25.0. The second-order valence-corrected chi connectivity index (χ2v) is 3.22. The molecule has 0 spiro atoms. The van der Waals surface area contributed by atoms with Crippen LogP contribution in [0.4, 0.5) is 17.1 Å². The first-order valence-corrected chi connectivity index (χ1v) is 4.96. The van der Waals surface area contributed by atoms with Crippen LogP contribution in [0.5, 0.6) is 0 Å². The van der Waals surface area contributed by atoms with Gasteiger partial charge in [0.2, 0.25) is 0 Å². The van der Waals surface area contributed by atoms with Crippen molar-refractivity contribution in [2.45, 2.75) is 6.42 Å². The van der Waals surface area contributed by atoms with Crippen LogP contribution in [0.3, 0.4) is 0 Å². The Kier molecular flexibility index (Phi) is 4.69. The lowest BCUT2D eigenvalue weighted by Crippen LogP contribution is -2.01. The van der Waals surface area contributed by atoms with Crippen molar-refractivity contribution in [2.75, 3.05) is 12.0 Å². The first-order chi connectivity index (χ1) is 8.56. The van der Waals surface area contributed by atoms with Crippen molar-refractivity contribution >= 4 is 23.3 Å². The van der Waals surface area contributed by atoms with E-state index in [0.29, 0.717) is 13.0 Å². The fourth-order valence-corrected chi connectivity index (χ4v) is 1.13. The van der Waals surface area contributed by atoms with E-state index in [1.165, 1.54) is 12.3 Å². The number of benzene rings is 1. The van der Waals surface area contributed by atoms with Gasteiger partial charge in [-0.15, -0.1) is 0 Å². The molecule has 0 bridgehead atoms. The Balaban J connectivity index is 2.97. The van der Waals surface area contributed by atoms with Crippen molar-refractivity contribution in [1.82, 2.24) is 0 Å². The molecule has 3 N–H and O–H groups in total. The summed E-state index contributed by atoms with van der Waals surface area (Å²) in [7, 11) is 0. The monoisotopic (exact) mass is 253 g/mol. The summed E-state index contributed by atoms with van der Waals surface area (Å²) in [5.41, 5.74) is 7.01. The number of nitro benzene ring substituents is 2. The van der Waals surface area contributed by atoms with E-state index >= 15 is 0 Å². The average molecular weight is 253 g/mol. The molecule has 0 saturated heterocycles. The maximum Gasteiger partial charge on any atom is 0.301 e. The largest absolute Gasteiger partial charge is 0.330 e. The van der Waals surface area contributed by atoms with Crippen molar-refractivity contribution in [3.8, 4) is 0 Å². The molecule has 1 rings (SSSR count). The molecule has 0 atom stereocenters. The van der Waals surface area contributed by atoms with Gasteiger partial charge in [-0.2, -0.15) is 5.10 Å². The molecule has 0 amide bonds. The summed E-state index contributed by atoms with van der Waals surface area (Å²) >= 11 is 0. The lowest BCUT2D eigenvalue weighted by molar-refractivity contribution is -0.393. The van der Waals surface area contributed by atoms with E-state index in [-0.39, 0.29) is 11.4 Å². The van der Waals surface area contributed by atoms with Crippen LogP contribution in [0.25, 0.3) is 0 Å². The summed E-state index contributed by atoms with van der Waals surface area (Å²) in [6, 6.07) is 3.27. The summed E-state index contributed by atoms with van der Waals surface area (Å²) in [5.74, 6) is 0. The third kappa shape index (κ3) is 3.49. The Morgan fingerprint density at radius 1 is 1.33 bits per heavy atom. The molecule has 96 valence electrons. The normalized spacial score (nSPS) is 10.5. The highest BCUT2D eigenvalue weighted by Crippen LogP contribution is 2.28. The number of nitrogens with one attached hydrogen (secondary N) is 1. The molecule has 0 aromatic heterocycles. The van der Waals surface area contributed by atoms with E-state index in [2.05, 4.69) is 10.5 Å². The van der Waals surface area contributed by atoms with Gasteiger partial charge in [-0.25, -0.2) is 0 Å². The Bertz CT molecular complexity index is 488. The van der Waals surface area contributed by atoms with Crippen LogP contribution in [0, 0.1) is 20.2 Å². The van der Waals surface area contributed by atoms with Gasteiger partial charge in [-0.05, 0) is 19.0 Å². The smallest absolute Gasteiger partial charge is 0.301 e. The molecule has 1 aromatic carbocycles. The minimum Gasteiger partial charge on any atom is -0.330 e. The topological polar surface area (TPSA) is 137 Å². The zero-order chi connectivity index (χ0) is 13.5. The van der Waals surface area contributed by atoms with Crippen LogP contribution < -0.4 is 11.2 Å². The van der Waals surface area contributed by atoms with Crippen molar-refractivity contribution in [1.29, 1.82) is 0 Å². The van der Waals surface area contributed by atoms with Gasteiger partial charge in [-0.3, -0.25) is 25.7 Å². The zero-order valence-corrected chi connectivity index (χ0v) is 9.28. The Morgan fingerprint density at radius 2 is 2.06 bits per heavy atom. The molecule has 0 aliphatic carbocycles. The summed E-state index contributed by atoms with van der Waals surface area (Å²) in [6.45, 7) is 0.410. The van der Waals surface area contributed by atoms with Gasteiger partial charge in [0.15, 0.2) is 0 Å². The van der Waals surface area contributed by atoms with Gasteiger partial charge in [0.1, 0.15) is 5.69 Å². The van der Waals surface area contributed by atoms with Crippen molar-refractivity contribution in [3.63, 3.8) is 0 Å². The predicted octanol–water partition coefficient (Wildman–Crippen LogP) is 1.25. The van der Waals surface area contributed by atoms with Crippen LogP contribution in [-0.4, -0.2) is 22.6 Å². The number of rotatable bonds is 6. The van der Waals surface area contributed by atoms with Crippen LogP contribution >= 0.6 is 0 Å². The maximum absolute atomic E-state index is 10.8. The summed E-state index contributed by atoms with van der Waals surface area (Å²) in [6.07, 6.45) is 1.99. The van der Waals surface area contributed by atoms with Crippen molar-refractivity contribution in [2.24, 2.45) is 10.8 Å². The minimum absolute atomic E-state index is 0.0823. The number of anilines is 1. The number of nitrogens with two attached hydrogens (primary N) is 1. The van der Waals surface area contributed by atoms with Crippen LogP contribution in [0.2, 0.25) is 0 Å². The summed E-state index contributed by atoms with van der Waals surface area (Å²) in [4.78, 5) is 19.8. The average Bonchev–Trinajstić information content (AvgIpc) is 2.34. The first kappa shape index (κ1) is 13.5. The molecular formula is C9H11N5O4. The predicted molar refractivity (Wildman–Crippen MR) is 65.5 cm³/mol. The zero-order valence-electron chi connectivity index (χ0n) is 9.28. The molecule has 9 nitrogen and oxygen atoms in total. The Hall–Kier alpha value is -2.55. The van der Waals surface area contributed by atoms with E-state index in [0.717, 1.165) is 12.1 Å². The quantitative estimate of drug-likeness (QED) is 0.444. The molecule has 0 heterocycles. The highest BCUT2D eigenvalue weighted by molar-refractivity contribution is 5.67. The second-order valence-electron chi connectivity index (χ2n) is 3.22. The number of nitrogens with zero attached hydrogens (tertiary/aromatic N) is 3. The molecule has 0 aliphatic rings. The lowest BCUT2D eigenvalue weighted by Gasteiger charge is -2.01. The Labute approximate surface area is 102 Å². The van der Waals surface area contributed by atoms with Gasteiger partial charge in [0.25, 0.3) is 5.69 Å². The Morgan fingerprint density at radius 3 is 2.61 bits per heavy atom. The highest BCUT2D eigenvalue weighted by Gasteiger charge is 2.18. The molecule has 9 heteroatoms. The number of non-ortho nitro benzene ring substituents is 1. The van der Waals surface area contributed by atoms with Gasteiger partial charge in [0, 0.05) is 12.3 Å². The molecule has 18 heavy (non-hydrogen) atoms. The van der Waals surface area contributed by atoms with Gasteiger partial charge >= 0.3 is 5.69 Å².